The van der Waals surface area contributed by atoms with Gasteiger partial charge in [-0.2, -0.15) is 9.78 Å². The minimum atomic E-state index is -3.98. The largest absolute Gasteiger partial charge is 0.497 e. The van der Waals surface area contributed by atoms with Crippen LogP contribution in [-0.2, 0) is 9.84 Å². The number of para-hydroxylation sites is 2. The van der Waals surface area contributed by atoms with E-state index in [0.29, 0.717) is 16.8 Å². The van der Waals surface area contributed by atoms with E-state index in [4.69, 9.17) is 10.5 Å². The van der Waals surface area contributed by atoms with Crippen molar-refractivity contribution in [3.05, 3.63) is 84.4 Å². The van der Waals surface area contributed by atoms with Crippen LogP contribution in [0, 0.1) is 0 Å². The zero-order chi connectivity index (χ0) is 23.0. The fraction of sp³-hybridized carbons (Fsp3) is 0.0417. The molecule has 33 heavy (non-hydrogen) atoms. The lowest BCUT2D eigenvalue weighted by Gasteiger charge is -2.04. The maximum atomic E-state index is 13.5. The van der Waals surface area contributed by atoms with Gasteiger partial charge in [-0.3, -0.25) is 0 Å². The summed E-state index contributed by atoms with van der Waals surface area (Å²) in [7, 11) is -2.40. The van der Waals surface area contributed by atoms with Gasteiger partial charge in [-0.1, -0.05) is 42.5 Å². The highest BCUT2D eigenvalue weighted by atomic mass is 32.2. The Morgan fingerprint density at radius 1 is 0.939 bits per heavy atom. The zero-order valence-electron chi connectivity index (χ0n) is 17.6. The van der Waals surface area contributed by atoms with Gasteiger partial charge in [0.15, 0.2) is 5.65 Å². The SMILES string of the molecule is COc1cccc(/C=N/n2c(N)c(S(=O)(=O)c3ccccc3)c3nc4ccccc4nc32)c1. The Balaban J connectivity index is 1.78. The second kappa shape index (κ2) is 8.03. The van der Waals surface area contributed by atoms with Gasteiger partial charge in [0.05, 0.1) is 29.3 Å². The number of methoxy groups -OCH3 is 1. The third-order valence-corrected chi connectivity index (χ3v) is 7.00. The lowest BCUT2D eigenvalue weighted by molar-refractivity contribution is 0.415. The van der Waals surface area contributed by atoms with E-state index < -0.39 is 9.84 Å². The molecule has 3 aromatic carbocycles. The maximum absolute atomic E-state index is 13.5. The molecule has 0 aliphatic heterocycles. The Morgan fingerprint density at radius 3 is 2.36 bits per heavy atom. The van der Waals surface area contributed by atoms with Gasteiger partial charge in [0.25, 0.3) is 0 Å². The third kappa shape index (κ3) is 3.58. The summed E-state index contributed by atoms with van der Waals surface area (Å²) in [5.41, 5.74) is 8.71. The number of nitrogen functional groups attached to an aromatic ring is 1. The fourth-order valence-corrected chi connectivity index (χ4v) is 5.07. The first-order valence-corrected chi connectivity index (χ1v) is 11.5. The summed E-state index contributed by atoms with van der Waals surface area (Å²) in [6, 6.07) is 22.6. The number of sulfone groups is 1. The number of anilines is 1. The van der Waals surface area contributed by atoms with Crippen LogP contribution in [0.3, 0.4) is 0 Å². The van der Waals surface area contributed by atoms with Crippen LogP contribution in [0.5, 0.6) is 5.75 Å². The Hall–Kier alpha value is -4.24. The predicted octanol–water partition coefficient (Wildman–Crippen LogP) is 3.89. The Morgan fingerprint density at radius 2 is 1.64 bits per heavy atom. The van der Waals surface area contributed by atoms with Crippen LogP contribution in [-0.4, -0.2) is 36.4 Å². The Kier molecular flexibility index (Phi) is 5.02. The van der Waals surface area contributed by atoms with Gasteiger partial charge in [0.1, 0.15) is 22.0 Å². The van der Waals surface area contributed by atoms with Crippen LogP contribution < -0.4 is 10.5 Å². The minimum absolute atomic E-state index is 0.0664. The molecule has 0 saturated carbocycles. The van der Waals surface area contributed by atoms with Crippen molar-refractivity contribution in [1.29, 1.82) is 0 Å². The molecular weight excluding hydrogens is 438 g/mol. The summed E-state index contributed by atoms with van der Waals surface area (Å²) in [5, 5.41) is 4.46. The highest BCUT2D eigenvalue weighted by molar-refractivity contribution is 7.92. The van der Waals surface area contributed by atoms with Crippen LogP contribution in [0.2, 0.25) is 0 Å². The molecule has 0 saturated heterocycles. The molecule has 0 unspecified atom stereocenters. The molecule has 0 amide bonds. The standard InChI is InChI=1S/C24H19N5O3S/c1-32-17-9-7-8-16(14-17)15-26-29-23(25)22(33(30,31)18-10-3-2-4-11-18)21-24(29)28-20-13-6-5-12-19(20)27-21/h2-15H,25H2,1H3/b26-15+. The van der Waals surface area contributed by atoms with E-state index in [-0.39, 0.29) is 26.8 Å². The van der Waals surface area contributed by atoms with Gasteiger partial charge in [0.2, 0.25) is 9.84 Å². The van der Waals surface area contributed by atoms with E-state index in [1.165, 1.54) is 16.8 Å². The van der Waals surface area contributed by atoms with Crippen LogP contribution >= 0.6 is 0 Å². The molecule has 5 aromatic rings. The van der Waals surface area contributed by atoms with Gasteiger partial charge >= 0.3 is 0 Å². The quantitative estimate of drug-likeness (QED) is 0.401. The zero-order valence-corrected chi connectivity index (χ0v) is 18.4. The number of rotatable bonds is 5. The van der Waals surface area contributed by atoms with E-state index in [0.717, 1.165) is 5.56 Å². The molecule has 0 bridgehead atoms. The van der Waals surface area contributed by atoms with Gasteiger partial charge < -0.3 is 10.5 Å². The van der Waals surface area contributed by atoms with Crippen molar-refractivity contribution in [3.63, 3.8) is 0 Å². The number of fused-ring (bicyclic) bond motifs is 2. The van der Waals surface area contributed by atoms with Crippen molar-refractivity contribution in [2.24, 2.45) is 5.10 Å². The van der Waals surface area contributed by atoms with Crippen molar-refractivity contribution in [2.45, 2.75) is 9.79 Å². The lowest BCUT2D eigenvalue weighted by atomic mass is 10.2. The number of aromatic nitrogens is 3. The maximum Gasteiger partial charge on any atom is 0.212 e. The van der Waals surface area contributed by atoms with Gasteiger partial charge in [0, 0.05) is 0 Å². The molecule has 164 valence electrons. The van der Waals surface area contributed by atoms with Crippen LogP contribution in [0.1, 0.15) is 5.56 Å². The molecular formula is C24H19N5O3S. The fourth-order valence-electron chi connectivity index (χ4n) is 3.57. The van der Waals surface area contributed by atoms with Crippen LogP contribution in [0.4, 0.5) is 5.82 Å². The molecule has 9 heteroatoms. The molecule has 2 N–H and O–H groups in total. The summed E-state index contributed by atoms with van der Waals surface area (Å²) < 4.78 is 33.7. The second-order valence-electron chi connectivity index (χ2n) is 7.25. The van der Waals surface area contributed by atoms with Crippen molar-refractivity contribution in [2.75, 3.05) is 12.8 Å². The van der Waals surface area contributed by atoms with E-state index in [1.807, 2.05) is 30.3 Å². The molecule has 2 aromatic heterocycles. The summed E-state index contributed by atoms with van der Waals surface area (Å²) >= 11 is 0. The molecule has 0 spiro atoms. The molecule has 0 radical (unpaired) electrons. The number of nitrogens with two attached hydrogens (primary N) is 1. The van der Waals surface area contributed by atoms with Gasteiger partial charge in [-0.25, -0.2) is 18.4 Å². The number of nitrogens with zero attached hydrogens (tertiary/aromatic N) is 4. The second-order valence-corrected chi connectivity index (χ2v) is 9.13. The predicted molar refractivity (Wildman–Crippen MR) is 127 cm³/mol. The first-order valence-electron chi connectivity index (χ1n) is 10.0. The monoisotopic (exact) mass is 457 g/mol. The highest BCUT2D eigenvalue weighted by Gasteiger charge is 2.30. The van der Waals surface area contributed by atoms with Crippen LogP contribution in [0.25, 0.3) is 22.2 Å². The average molecular weight is 458 g/mol. The molecule has 2 heterocycles. The Labute approximate surface area is 189 Å². The summed E-state index contributed by atoms with van der Waals surface area (Å²) in [6.07, 6.45) is 1.56. The minimum Gasteiger partial charge on any atom is -0.497 e. The molecule has 0 fully saturated rings. The molecule has 0 aliphatic carbocycles. The molecule has 5 rings (SSSR count). The Bertz CT molecular complexity index is 1630. The summed E-state index contributed by atoms with van der Waals surface area (Å²) in [5.74, 6) is 0.603. The highest BCUT2D eigenvalue weighted by Crippen LogP contribution is 2.35. The lowest BCUT2D eigenvalue weighted by Crippen LogP contribution is -2.06. The van der Waals surface area contributed by atoms with Crippen molar-refractivity contribution < 1.29 is 13.2 Å². The van der Waals surface area contributed by atoms with E-state index in [9.17, 15) is 8.42 Å². The molecule has 8 nitrogen and oxygen atoms in total. The first-order chi connectivity index (χ1) is 16.0. The number of ether oxygens (including phenoxy) is 1. The first kappa shape index (κ1) is 20.7. The number of hydrogen-bond acceptors (Lipinski definition) is 7. The van der Waals surface area contributed by atoms with E-state index >= 15 is 0 Å². The number of benzene rings is 3. The average Bonchev–Trinajstić information content (AvgIpc) is 3.12. The molecule has 0 aliphatic rings. The van der Waals surface area contributed by atoms with Crippen molar-refractivity contribution in [1.82, 2.24) is 14.6 Å². The summed E-state index contributed by atoms with van der Waals surface area (Å²) in [4.78, 5) is 9.22. The normalized spacial score (nSPS) is 12.0. The van der Waals surface area contributed by atoms with Gasteiger partial charge in [-0.05, 0) is 42.0 Å². The topological polar surface area (TPSA) is 112 Å². The van der Waals surface area contributed by atoms with Gasteiger partial charge in [-0.15, -0.1) is 0 Å². The third-order valence-electron chi connectivity index (χ3n) is 5.17. The van der Waals surface area contributed by atoms with Crippen molar-refractivity contribution in [3.8, 4) is 5.75 Å². The smallest absolute Gasteiger partial charge is 0.212 e. The number of hydrogen-bond donors (Lipinski definition) is 1. The van der Waals surface area contributed by atoms with E-state index in [1.54, 1.807) is 49.7 Å². The van der Waals surface area contributed by atoms with Crippen LogP contribution in [0.15, 0.2) is 93.8 Å². The summed E-state index contributed by atoms with van der Waals surface area (Å²) in [6.45, 7) is 0. The van der Waals surface area contributed by atoms with E-state index in [2.05, 4.69) is 15.1 Å². The molecule has 0 atom stereocenters. The van der Waals surface area contributed by atoms with Crippen molar-refractivity contribution >= 4 is 44.1 Å².